The summed E-state index contributed by atoms with van der Waals surface area (Å²) in [7, 11) is -3.01. The largest absolute Gasteiger partial charge is 0.308 e. The van der Waals surface area contributed by atoms with Crippen LogP contribution in [0.2, 0.25) is 5.02 Å². The van der Waals surface area contributed by atoms with Gasteiger partial charge in [-0.1, -0.05) is 17.7 Å². The number of sulfone groups is 1. The third-order valence-electron chi connectivity index (χ3n) is 3.56. The van der Waals surface area contributed by atoms with E-state index in [2.05, 4.69) is 0 Å². The van der Waals surface area contributed by atoms with Gasteiger partial charge < -0.3 is 4.90 Å². The van der Waals surface area contributed by atoms with Crippen LogP contribution in [-0.4, -0.2) is 31.9 Å². The van der Waals surface area contributed by atoms with Gasteiger partial charge in [-0.25, -0.2) is 8.42 Å². The lowest BCUT2D eigenvalue weighted by atomic mass is 10.1. The van der Waals surface area contributed by atoms with Crippen LogP contribution in [0.25, 0.3) is 0 Å². The molecule has 0 unspecified atom stereocenters. The molecule has 0 saturated carbocycles. The maximum Gasteiger partial charge on any atom is 0.227 e. The number of anilines is 1. The fourth-order valence-corrected chi connectivity index (χ4v) is 5.11. The normalized spacial score (nSPS) is 29.6. The van der Waals surface area contributed by atoms with E-state index in [1.54, 1.807) is 29.2 Å². The van der Waals surface area contributed by atoms with Gasteiger partial charge in [-0.15, -0.1) is 0 Å². The van der Waals surface area contributed by atoms with Crippen LogP contribution in [0.4, 0.5) is 5.69 Å². The van der Waals surface area contributed by atoms with Crippen molar-refractivity contribution in [3.8, 4) is 0 Å². The molecule has 6 heteroatoms. The number of hydrogen-bond donors (Lipinski definition) is 0. The lowest BCUT2D eigenvalue weighted by Crippen LogP contribution is -2.36. The summed E-state index contributed by atoms with van der Waals surface area (Å²) in [5, 5.41) is 0.546. The van der Waals surface area contributed by atoms with E-state index in [1.807, 2.05) is 0 Å². The number of benzene rings is 1. The summed E-state index contributed by atoms with van der Waals surface area (Å²) < 4.78 is 23.3. The van der Waals surface area contributed by atoms with Crippen molar-refractivity contribution in [3.63, 3.8) is 0 Å². The molecule has 0 radical (unpaired) electrons. The van der Waals surface area contributed by atoms with Gasteiger partial charge in [0, 0.05) is 23.0 Å². The molecule has 1 aromatic rings. The molecule has 2 fully saturated rings. The highest BCUT2D eigenvalue weighted by molar-refractivity contribution is 7.91. The topological polar surface area (TPSA) is 54.5 Å². The Hall–Kier alpha value is -1.07. The molecular weight excluding hydrogens is 274 g/mol. The van der Waals surface area contributed by atoms with Crippen LogP contribution >= 0.6 is 11.6 Å². The molecule has 96 valence electrons. The molecule has 1 aromatic carbocycles. The first-order valence-electron chi connectivity index (χ1n) is 5.74. The molecule has 0 spiro atoms. The van der Waals surface area contributed by atoms with Gasteiger partial charge >= 0.3 is 0 Å². The molecule has 0 bridgehead atoms. The second kappa shape index (κ2) is 3.96. The summed E-state index contributed by atoms with van der Waals surface area (Å²) >= 11 is 5.91. The molecule has 0 N–H and O–H groups in total. The van der Waals surface area contributed by atoms with Crippen molar-refractivity contribution in [1.82, 2.24) is 0 Å². The Bertz CT molecular complexity index is 614. The molecule has 2 saturated heterocycles. The first-order valence-corrected chi connectivity index (χ1v) is 7.94. The van der Waals surface area contributed by atoms with E-state index in [4.69, 9.17) is 11.6 Å². The van der Waals surface area contributed by atoms with E-state index < -0.39 is 9.84 Å². The molecule has 0 aliphatic carbocycles. The van der Waals surface area contributed by atoms with E-state index in [0.29, 0.717) is 17.1 Å². The van der Waals surface area contributed by atoms with Gasteiger partial charge in [-0.2, -0.15) is 0 Å². The van der Waals surface area contributed by atoms with Crippen LogP contribution in [-0.2, 0) is 14.6 Å². The Morgan fingerprint density at radius 1 is 1.28 bits per heavy atom. The standard InChI is InChI=1S/C12H12ClNO3S/c13-9-2-1-3-10(5-9)14-11-7-18(16,17)6-8(11)4-12(14)15/h1-3,5,8,11H,4,6-7H2/t8-,11+/m0/s1. The van der Waals surface area contributed by atoms with E-state index in [1.165, 1.54) is 0 Å². The number of halogens is 1. The Kier molecular flexibility index (Phi) is 2.64. The van der Waals surface area contributed by atoms with Gasteiger partial charge in [-0.3, -0.25) is 4.79 Å². The summed E-state index contributed by atoms with van der Waals surface area (Å²) in [4.78, 5) is 13.6. The monoisotopic (exact) mass is 285 g/mol. The Labute approximate surface area is 110 Å². The predicted molar refractivity (Wildman–Crippen MR) is 69.5 cm³/mol. The van der Waals surface area contributed by atoms with Gasteiger partial charge in [-0.05, 0) is 18.2 Å². The Balaban J connectivity index is 1.99. The molecule has 1 amide bonds. The van der Waals surface area contributed by atoms with Crippen LogP contribution in [0.5, 0.6) is 0 Å². The van der Waals surface area contributed by atoms with Gasteiger partial charge in [0.2, 0.25) is 5.91 Å². The summed E-state index contributed by atoms with van der Waals surface area (Å²) in [5.74, 6) is 0.111. The zero-order valence-corrected chi connectivity index (χ0v) is 11.1. The van der Waals surface area contributed by atoms with E-state index in [9.17, 15) is 13.2 Å². The van der Waals surface area contributed by atoms with Gasteiger partial charge in [0.1, 0.15) is 0 Å². The third kappa shape index (κ3) is 1.91. The quantitative estimate of drug-likeness (QED) is 0.785. The molecule has 4 nitrogen and oxygen atoms in total. The molecule has 2 aliphatic rings. The maximum atomic E-state index is 12.0. The van der Waals surface area contributed by atoms with Crippen molar-refractivity contribution >= 4 is 33.0 Å². The van der Waals surface area contributed by atoms with Crippen molar-refractivity contribution in [2.24, 2.45) is 5.92 Å². The van der Waals surface area contributed by atoms with Crippen molar-refractivity contribution < 1.29 is 13.2 Å². The second-order valence-electron chi connectivity index (χ2n) is 4.85. The first-order chi connectivity index (χ1) is 8.46. The molecule has 2 heterocycles. The summed E-state index contributed by atoms with van der Waals surface area (Å²) in [6, 6.07) is 6.76. The van der Waals surface area contributed by atoms with Gasteiger partial charge in [0.15, 0.2) is 9.84 Å². The number of carbonyl (C=O) groups is 1. The molecular formula is C12H12ClNO3S. The molecule has 18 heavy (non-hydrogen) atoms. The van der Waals surface area contributed by atoms with E-state index in [-0.39, 0.29) is 29.4 Å². The van der Waals surface area contributed by atoms with Crippen molar-refractivity contribution in [3.05, 3.63) is 29.3 Å². The van der Waals surface area contributed by atoms with Crippen molar-refractivity contribution in [2.75, 3.05) is 16.4 Å². The SMILES string of the molecule is O=C1C[C@H]2CS(=O)(=O)C[C@H]2N1c1cccc(Cl)c1. The minimum Gasteiger partial charge on any atom is -0.308 e. The van der Waals surface area contributed by atoms with E-state index in [0.717, 1.165) is 0 Å². The number of carbonyl (C=O) groups excluding carboxylic acids is 1. The number of amides is 1. The number of fused-ring (bicyclic) bond motifs is 1. The smallest absolute Gasteiger partial charge is 0.227 e. The van der Waals surface area contributed by atoms with Crippen LogP contribution in [0.3, 0.4) is 0 Å². The number of hydrogen-bond acceptors (Lipinski definition) is 3. The maximum absolute atomic E-state index is 12.0. The average molecular weight is 286 g/mol. The molecule has 3 rings (SSSR count). The summed E-state index contributed by atoms with van der Waals surface area (Å²) in [6.07, 6.45) is 0.316. The van der Waals surface area contributed by atoms with Crippen LogP contribution in [0, 0.1) is 5.92 Å². The Morgan fingerprint density at radius 2 is 2.06 bits per heavy atom. The van der Waals surface area contributed by atoms with Crippen molar-refractivity contribution in [2.45, 2.75) is 12.5 Å². The molecule has 2 atom stereocenters. The highest BCUT2D eigenvalue weighted by Crippen LogP contribution is 2.37. The zero-order valence-electron chi connectivity index (χ0n) is 9.54. The summed E-state index contributed by atoms with van der Waals surface area (Å²) in [5.41, 5.74) is 0.692. The molecule has 0 aromatic heterocycles. The van der Waals surface area contributed by atoms with E-state index >= 15 is 0 Å². The Morgan fingerprint density at radius 3 is 2.78 bits per heavy atom. The average Bonchev–Trinajstić information content (AvgIpc) is 2.68. The minimum atomic E-state index is -3.01. The molecule has 2 aliphatic heterocycles. The summed E-state index contributed by atoms with van der Waals surface area (Å²) in [6.45, 7) is 0. The van der Waals surface area contributed by atoms with Crippen LogP contribution in [0.1, 0.15) is 6.42 Å². The number of rotatable bonds is 1. The van der Waals surface area contributed by atoms with Crippen LogP contribution in [0.15, 0.2) is 24.3 Å². The third-order valence-corrected chi connectivity index (χ3v) is 5.58. The first kappa shape index (κ1) is 12.0. The highest BCUT2D eigenvalue weighted by atomic mass is 35.5. The minimum absolute atomic E-state index is 0.0119. The lowest BCUT2D eigenvalue weighted by molar-refractivity contribution is -0.117. The van der Waals surface area contributed by atoms with Crippen LogP contribution < -0.4 is 4.90 Å². The van der Waals surface area contributed by atoms with Gasteiger partial charge in [0.25, 0.3) is 0 Å². The fraction of sp³-hybridized carbons (Fsp3) is 0.417. The fourth-order valence-electron chi connectivity index (χ4n) is 2.85. The lowest BCUT2D eigenvalue weighted by Gasteiger charge is -2.23. The highest BCUT2D eigenvalue weighted by Gasteiger charge is 2.49. The second-order valence-corrected chi connectivity index (χ2v) is 7.44. The zero-order chi connectivity index (χ0) is 12.9. The number of nitrogens with zero attached hydrogens (tertiary/aromatic N) is 1. The van der Waals surface area contributed by atoms with Gasteiger partial charge in [0.05, 0.1) is 17.5 Å². The predicted octanol–water partition coefficient (Wildman–Crippen LogP) is 1.49. The van der Waals surface area contributed by atoms with Crippen molar-refractivity contribution in [1.29, 1.82) is 0 Å².